The summed E-state index contributed by atoms with van der Waals surface area (Å²) in [6, 6.07) is 7.43. The number of anilines is 1. The van der Waals surface area contributed by atoms with E-state index in [1.165, 1.54) is 24.3 Å². The molecule has 0 aliphatic carbocycles. The van der Waals surface area contributed by atoms with Crippen LogP contribution in [0.15, 0.2) is 42.5 Å². The number of aromatic carboxylic acids is 1. The Morgan fingerprint density at radius 2 is 1.70 bits per heavy atom. The van der Waals surface area contributed by atoms with Gasteiger partial charge in [0.25, 0.3) is 0 Å². The summed E-state index contributed by atoms with van der Waals surface area (Å²) in [4.78, 5) is 14.2. The highest BCUT2D eigenvalue weighted by Gasteiger charge is 2.35. The molecule has 0 heterocycles. The van der Waals surface area contributed by atoms with Crippen LogP contribution in [0.1, 0.15) is 15.9 Å². The molecule has 0 unspecified atom stereocenters. The number of ether oxygens (including phenoxy) is 1. The third kappa shape index (κ3) is 6.30. The first-order valence-corrected chi connectivity index (χ1v) is 8.27. The minimum Gasteiger partial charge on any atom is -0.492 e. The number of nitrogens with zero attached hydrogens (tertiary/aromatic N) is 2. The topological polar surface area (TPSA) is 54.1 Å². The maximum Gasteiger partial charge on any atom is 0.407 e. The van der Waals surface area contributed by atoms with E-state index in [1.807, 2.05) is 0 Å². The molecule has 0 spiro atoms. The van der Waals surface area contributed by atoms with E-state index in [0.29, 0.717) is 11.0 Å². The predicted molar refractivity (Wildman–Crippen MR) is 94.9 cm³/mol. The van der Waals surface area contributed by atoms with E-state index >= 15 is 0 Å². The molecule has 11 heteroatoms. The first kappa shape index (κ1) is 22.9. The number of alkyl halides is 6. The molecule has 0 saturated carbocycles. The molecule has 0 bridgehead atoms. The third-order valence-electron chi connectivity index (χ3n) is 3.87. The summed E-state index contributed by atoms with van der Waals surface area (Å²) in [5.41, 5.74) is -2.42. The molecule has 5 nitrogen and oxygen atoms in total. The van der Waals surface area contributed by atoms with E-state index in [4.69, 9.17) is 16.4 Å². The summed E-state index contributed by atoms with van der Waals surface area (Å²) in [7, 11) is 0. The molecule has 0 amide bonds. The fraction of sp³-hybridized carbons (Fsp3) is 0.263. The number of hydrogen-bond acceptors (Lipinski definition) is 3. The largest absolute Gasteiger partial charge is 0.492 e. The zero-order chi connectivity index (χ0) is 22.5. The van der Waals surface area contributed by atoms with Crippen LogP contribution >= 0.6 is 0 Å². The van der Waals surface area contributed by atoms with Crippen molar-refractivity contribution in [3.05, 3.63) is 65.0 Å². The lowest BCUT2D eigenvalue weighted by Gasteiger charge is -2.27. The van der Waals surface area contributed by atoms with Crippen molar-refractivity contribution in [1.29, 1.82) is 0 Å². The molecule has 0 radical (unpaired) electrons. The first-order chi connectivity index (χ1) is 13.9. The van der Waals surface area contributed by atoms with Gasteiger partial charge >= 0.3 is 18.3 Å². The van der Waals surface area contributed by atoms with Crippen LogP contribution in [0.5, 0.6) is 5.75 Å². The third-order valence-corrected chi connectivity index (χ3v) is 3.87. The van der Waals surface area contributed by atoms with Gasteiger partial charge in [-0.25, -0.2) is 9.64 Å². The quantitative estimate of drug-likeness (QED) is 0.470. The Labute approximate surface area is 166 Å². The standard InChI is InChI=1S/C19H14F6N2O3/c1-26-16-7-4-13(10-15(16)19(23,24)25)27(11-18(20,21)22)8-9-30-14-5-2-12(3-6-14)17(28)29/h2-7,10H,8-9,11H2,(H,28,29). The van der Waals surface area contributed by atoms with E-state index in [1.54, 1.807) is 0 Å². The van der Waals surface area contributed by atoms with Crippen LogP contribution in [0, 0.1) is 6.57 Å². The summed E-state index contributed by atoms with van der Waals surface area (Å²) < 4.78 is 83.5. The van der Waals surface area contributed by atoms with E-state index in [9.17, 15) is 31.1 Å². The van der Waals surface area contributed by atoms with Gasteiger partial charge in [0.05, 0.1) is 24.2 Å². The lowest BCUT2D eigenvalue weighted by atomic mass is 10.1. The fourth-order valence-corrected chi connectivity index (χ4v) is 2.53. The van der Waals surface area contributed by atoms with E-state index < -0.39 is 42.7 Å². The molecule has 1 N–H and O–H groups in total. The number of carbonyl (C=O) groups is 1. The molecule has 160 valence electrons. The monoisotopic (exact) mass is 432 g/mol. The zero-order valence-electron chi connectivity index (χ0n) is 15.1. The van der Waals surface area contributed by atoms with Gasteiger partial charge in [-0.15, -0.1) is 0 Å². The molecule has 30 heavy (non-hydrogen) atoms. The number of rotatable bonds is 7. The Morgan fingerprint density at radius 3 is 2.20 bits per heavy atom. The van der Waals surface area contributed by atoms with Gasteiger partial charge in [0.15, 0.2) is 5.69 Å². The highest BCUT2D eigenvalue weighted by Crippen LogP contribution is 2.39. The second kappa shape index (κ2) is 8.94. The summed E-state index contributed by atoms with van der Waals surface area (Å²) >= 11 is 0. The summed E-state index contributed by atoms with van der Waals surface area (Å²) in [6.07, 6.45) is -9.60. The average Bonchev–Trinajstić information content (AvgIpc) is 2.65. The molecular formula is C19H14F6N2O3. The van der Waals surface area contributed by atoms with Crippen molar-refractivity contribution in [3.8, 4) is 5.75 Å². The highest BCUT2D eigenvalue weighted by molar-refractivity contribution is 5.87. The minimum absolute atomic E-state index is 0.0133. The van der Waals surface area contributed by atoms with Crippen LogP contribution in [-0.2, 0) is 6.18 Å². The van der Waals surface area contributed by atoms with Crippen molar-refractivity contribution in [1.82, 2.24) is 0 Å². The van der Waals surface area contributed by atoms with Crippen LogP contribution in [0.2, 0.25) is 0 Å². The van der Waals surface area contributed by atoms with Crippen LogP contribution in [0.25, 0.3) is 4.85 Å². The Bertz CT molecular complexity index is 933. The average molecular weight is 432 g/mol. The van der Waals surface area contributed by atoms with E-state index in [-0.39, 0.29) is 23.6 Å². The van der Waals surface area contributed by atoms with Crippen molar-refractivity contribution < 1.29 is 41.0 Å². The molecule has 0 saturated heterocycles. The summed E-state index contributed by atoms with van der Waals surface area (Å²) in [5, 5.41) is 8.82. The Balaban J connectivity index is 2.20. The first-order valence-electron chi connectivity index (χ1n) is 8.27. The van der Waals surface area contributed by atoms with Gasteiger partial charge in [0.1, 0.15) is 18.9 Å². The highest BCUT2D eigenvalue weighted by atomic mass is 19.4. The maximum atomic E-state index is 13.1. The van der Waals surface area contributed by atoms with Gasteiger partial charge in [0, 0.05) is 5.69 Å². The van der Waals surface area contributed by atoms with Crippen molar-refractivity contribution in [3.63, 3.8) is 0 Å². The summed E-state index contributed by atoms with van der Waals surface area (Å²) in [6.45, 7) is 4.56. The second-order valence-corrected chi connectivity index (χ2v) is 6.03. The van der Waals surface area contributed by atoms with Crippen LogP contribution in [0.3, 0.4) is 0 Å². The number of halogens is 6. The van der Waals surface area contributed by atoms with Crippen molar-refractivity contribution in [2.45, 2.75) is 12.4 Å². The smallest absolute Gasteiger partial charge is 0.407 e. The van der Waals surface area contributed by atoms with Gasteiger partial charge in [0.2, 0.25) is 0 Å². The van der Waals surface area contributed by atoms with Gasteiger partial charge in [-0.05, 0) is 36.4 Å². The Hall–Kier alpha value is -3.42. The molecule has 2 aromatic rings. The Kier molecular flexibility index (Phi) is 6.81. The molecule has 0 aromatic heterocycles. The molecule has 2 rings (SSSR count). The zero-order valence-corrected chi connectivity index (χ0v) is 15.1. The number of carboxylic acids is 1. The van der Waals surface area contributed by atoms with Gasteiger partial charge in [-0.3, -0.25) is 0 Å². The number of hydrogen-bond donors (Lipinski definition) is 1. The van der Waals surface area contributed by atoms with Gasteiger partial charge in [-0.1, -0.05) is 6.07 Å². The number of carboxylic acid groups (broad SMARTS) is 1. The normalized spacial score (nSPS) is 11.6. The minimum atomic E-state index is -4.90. The lowest BCUT2D eigenvalue weighted by molar-refractivity contribution is -0.136. The molecule has 2 aromatic carbocycles. The van der Waals surface area contributed by atoms with E-state index in [2.05, 4.69) is 4.85 Å². The fourth-order valence-electron chi connectivity index (χ4n) is 2.53. The second-order valence-electron chi connectivity index (χ2n) is 6.03. The molecule has 0 atom stereocenters. The van der Waals surface area contributed by atoms with Crippen LogP contribution in [-0.4, -0.2) is 36.9 Å². The SMILES string of the molecule is [C-]#[N+]c1ccc(N(CCOc2ccc(C(=O)O)cc2)CC(F)(F)F)cc1C(F)(F)F. The Morgan fingerprint density at radius 1 is 1.07 bits per heavy atom. The van der Waals surface area contributed by atoms with Gasteiger partial charge < -0.3 is 14.7 Å². The predicted octanol–water partition coefficient (Wildman–Crippen LogP) is 5.40. The molecule has 0 aliphatic heterocycles. The van der Waals surface area contributed by atoms with Crippen molar-refractivity contribution in [2.75, 3.05) is 24.6 Å². The van der Waals surface area contributed by atoms with Crippen LogP contribution < -0.4 is 9.64 Å². The lowest BCUT2D eigenvalue weighted by Crippen LogP contribution is -2.37. The van der Waals surface area contributed by atoms with Crippen LogP contribution in [0.4, 0.5) is 37.7 Å². The molecular weight excluding hydrogens is 418 g/mol. The van der Waals surface area contributed by atoms with E-state index in [0.717, 1.165) is 12.1 Å². The molecule has 0 aliphatic rings. The number of benzene rings is 2. The van der Waals surface area contributed by atoms with Crippen molar-refractivity contribution in [2.24, 2.45) is 0 Å². The van der Waals surface area contributed by atoms with Gasteiger partial charge in [-0.2, -0.15) is 26.3 Å². The summed E-state index contributed by atoms with van der Waals surface area (Å²) in [5.74, 6) is -0.979. The molecule has 0 fully saturated rings. The maximum absolute atomic E-state index is 13.1. The van der Waals surface area contributed by atoms with Crippen molar-refractivity contribution >= 4 is 17.3 Å².